The van der Waals surface area contributed by atoms with E-state index in [1.807, 2.05) is 18.7 Å². The van der Waals surface area contributed by atoms with Gasteiger partial charge in [0.15, 0.2) is 0 Å². The van der Waals surface area contributed by atoms with Crippen molar-refractivity contribution in [2.24, 2.45) is 0 Å². The number of rotatable bonds is 6. The summed E-state index contributed by atoms with van der Waals surface area (Å²) in [6.45, 7) is 5.26. The molecule has 2 unspecified atom stereocenters. The first kappa shape index (κ1) is 14.5. The quantitative estimate of drug-likeness (QED) is 0.785. The molecule has 1 heterocycles. The van der Waals surface area contributed by atoms with Crippen molar-refractivity contribution in [3.05, 3.63) is 29.8 Å². The number of hydrogen-bond donors (Lipinski definition) is 1. The van der Waals surface area contributed by atoms with Crippen molar-refractivity contribution >= 4 is 11.8 Å². The summed E-state index contributed by atoms with van der Waals surface area (Å²) in [7, 11) is 0. The highest BCUT2D eigenvalue weighted by Gasteiger charge is 2.29. The Labute approximate surface area is 121 Å². The fourth-order valence-corrected chi connectivity index (χ4v) is 3.98. The van der Waals surface area contributed by atoms with Crippen molar-refractivity contribution < 1.29 is 0 Å². The lowest BCUT2D eigenvalue weighted by Gasteiger charge is -2.24. The van der Waals surface area contributed by atoms with Crippen molar-refractivity contribution in [1.29, 1.82) is 0 Å². The lowest BCUT2D eigenvalue weighted by atomic mass is 9.90. The van der Waals surface area contributed by atoms with Crippen molar-refractivity contribution in [3.8, 4) is 11.8 Å². The Morgan fingerprint density at radius 1 is 1.42 bits per heavy atom. The average molecular weight is 273 g/mol. The summed E-state index contributed by atoms with van der Waals surface area (Å²) in [4.78, 5) is 1.47. The first-order chi connectivity index (χ1) is 9.36. The average Bonchev–Trinajstić information content (AvgIpc) is 2.87. The third-order valence-corrected chi connectivity index (χ3v) is 4.84. The van der Waals surface area contributed by atoms with Gasteiger partial charge < -0.3 is 5.32 Å². The Balaban J connectivity index is 2.07. The summed E-state index contributed by atoms with van der Waals surface area (Å²) < 4.78 is 0. The van der Waals surface area contributed by atoms with Crippen LogP contribution in [-0.2, 0) is 0 Å². The fourth-order valence-electron chi connectivity index (χ4n) is 2.65. The zero-order valence-electron chi connectivity index (χ0n) is 11.9. The van der Waals surface area contributed by atoms with Gasteiger partial charge in [-0.1, -0.05) is 25.1 Å². The molecule has 0 bridgehead atoms. The lowest BCUT2D eigenvalue weighted by molar-refractivity contribution is 0.433. The minimum atomic E-state index is 0.567. The van der Waals surface area contributed by atoms with Gasteiger partial charge in [0.1, 0.15) is 0 Å². The van der Waals surface area contributed by atoms with E-state index in [-0.39, 0.29) is 0 Å². The van der Waals surface area contributed by atoms with Crippen LogP contribution in [0.1, 0.15) is 44.6 Å². The van der Waals surface area contributed by atoms with Crippen LogP contribution in [-0.4, -0.2) is 18.3 Å². The molecule has 2 rings (SSSR count). The summed E-state index contributed by atoms with van der Waals surface area (Å²) in [6.07, 6.45) is 3.35. The minimum absolute atomic E-state index is 0.567. The van der Waals surface area contributed by atoms with E-state index in [0.29, 0.717) is 12.0 Å². The van der Waals surface area contributed by atoms with Gasteiger partial charge in [-0.15, -0.1) is 23.6 Å². The molecule has 1 nitrogen and oxygen atoms in total. The van der Waals surface area contributed by atoms with Gasteiger partial charge in [0.25, 0.3) is 0 Å². The molecule has 1 aromatic carbocycles. The molecule has 0 saturated heterocycles. The van der Waals surface area contributed by atoms with Crippen LogP contribution >= 0.6 is 11.8 Å². The zero-order chi connectivity index (χ0) is 13.5. The van der Waals surface area contributed by atoms with E-state index in [2.05, 4.69) is 48.3 Å². The molecule has 1 aromatic rings. The van der Waals surface area contributed by atoms with Crippen LogP contribution in [0, 0.1) is 11.8 Å². The van der Waals surface area contributed by atoms with Crippen LogP contribution in [0.15, 0.2) is 29.2 Å². The van der Waals surface area contributed by atoms with E-state index in [1.165, 1.54) is 22.6 Å². The fraction of sp³-hybridized carbons (Fsp3) is 0.529. The molecule has 2 atom stereocenters. The maximum absolute atomic E-state index is 3.73. The monoisotopic (exact) mass is 273 g/mol. The summed E-state index contributed by atoms with van der Waals surface area (Å²) in [5.74, 6) is 8.07. The van der Waals surface area contributed by atoms with E-state index in [0.717, 1.165) is 19.4 Å². The largest absolute Gasteiger partial charge is 0.313 e. The van der Waals surface area contributed by atoms with Crippen LogP contribution in [0.5, 0.6) is 0 Å². The van der Waals surface area contributed by atoms with Gasteiger partial charge in [-0.25, -0.2) is 0 Å². The molecule has 0 fully saturated rings. The van der Waals surface area contributed by atoms with E-state index in [4.69, 9.17) is 0 Å². The molecule has 1 N–H and O–H groups in total. The highest BCUT2D eigenvalue weighted by Crippen LogP contribution is 2.41. The van der Waals surface area contributed by atoms with E-state index < -0.39 is 0 Å². The molecule has 19 heavy (non-hydrogen) atoms. The molecule has 0 radical (unpaired) electrons. The van der Waals surface area contributed by atoms with E-state index >= 15 is 0 Å². The summed E-state index contributed by atoms with van der Waals surface area (Å²) in [5, 5.41) is 3.73. The van der Waals surface area contributed by atoms with Crippen LogP contribution in [0.2, 0.25) is 0 Å². The number of benzene rings is 1. The molecule has 0 aromatic heterocycles. The molecule has 0 aliphatic carbocycles. The van der Waals surface area contributed by atoms with Crippen molar-refractivity contribution in [3.63, 3.8) is 0 Å². The Kier molecular flexibility index (Phi) is 5.82. The first-order valence-electron chi connectivity index (χ1n) is 7.21. The molecule has 1 aliphatic heterocycles. The third kappa shape index (κ3) is 3.78. The van der Waals surface area contributed by atoms with Crippen LogP contribution in [0.4, 0.5) is 0 Å². The van der Waals surface area contributed by atoms with Gasteiger partial charge in [0.05, 0.1) is 0 Å². The first-order valence-corrected chi connectivity index (χ1v) is 8.20. The highest BCUT2D eigenvalue weighted by atomic mass is 32.2. The van der Waals surface area contributed by atoms with Crippen molar-refractivity contribution in [1.82, 2.24) is 5.32 Å². The summed E-state index contributed by atoms with van der Waals surface area (Å²) in [5.41, 5.74) is 1.53. The summed E-state index contributed by atoms with van der Waals surface area (Å²) >= 11 is 2.00. The highest BCUT2D eigenvalue weighted by molar-refractivity contribution is 7.99. The van der Waals surface area contributed by atoms with Crippen LogP contribution in [0.25, 0.3) is 0 Å². The minimum Gasteiger partial charge on any atom is -0.313 e. The van der Waals surface area contributed by atoms with Gasteiger partial charge in [-0.2, -0.15) is 0 Å². The summed E-state index contributed by atoms with van der Waals surface area (Å²) in [6, 6.07) is 9.43. The second-order valence-corrected chi connectivity index (χ2v) is 6.04. The Hall–Kier alpha value is -0.910. The predicted octanol–water partition coefficient (Wildman–Crippen LogP) is 4.05. The zero-order valence-corrected chi connectivity index (χ0v) is 12.7. The third-order valence-electron chi connectivity index (χ3n) is 3.64. The molecule has 0 spiro atoms. The Morgan fingerprint density at radius 3 is 3.05 bits per heavy atom. The second kappa shape index (κ2) is 7.62. The lowest BCUT2D eigenvalue weighted by Crippen LogP contribution is -2.35. The van der Waals surface area contributed by atoms with Gasteiger partial charge in [0.2, 0.25) is 0 Å². The SMILES string of the molecule is CC#CCCC(NCCC)C1CSc2ccccc21. The van der Waals surface area contributed by atoms with Gasteiger partial charge in [-0.3, -0.25) is 0 Å². The molecule has 2 heteroatoms. The molecule has 1 aliphatic rings. The van der Waals surface area contributed by atoms with Crippen molar-refractivity contribution in [2.45, 2.75) is 50.0 Å². The number of hydrogen-bond acceptors (Lipinski definition) is 2. The molecule has 0 saturated carbocycles. The van der Waals surface area contributed by atoms with Gasteiger partial charge in [0, 0.05) is 29.0 Å². The topological polar surface area (TPSA) is 12.0 Å². The standard InChI is InChI=1S/C17H23NS/c1-3-5-6-10-16(18-12-4-2)15-13-19-17-11-8-7-9-14(15)17/h7-9,11,15-16,18H,4,6,10,12-13H2,1-2H3. The molecular formula is C17H23NS. The maximum Gasteiger partial charge on any atom is 0.0153 e. The van der Waals surface area contributed by atoms with Gasteiger partial charge in [-0.05, 0) is 37.9 Å². The smallest absolute Gasteiger partial charge is 0.0153 e. The number of nitrogens with one attached hydrogen (secondary N) is 1. The maximum atomic E-state index is 3.73. The van der Waals surface area contributed by atoms with E-state index in [9.17, 15) is 0 Å². The number of thioether (sulfide) groups is 1. The number of fused-ring (bicyclic) bond motifs is 1. The molecular weight excluding hydrogens is 250 g/mol. The van der Waals surface area contributed by atoms with Crippen molar-refractivity contribution in [2.75, 3.05) is 12.3 Å². The molecule has 0 amide bonds. The molecule has 102 valence electrons. The normalized spacial score (nSPS) is 18.5. The van der Waals surface area contributed by atoms with Crippen LogP contribution in [0.3, 0.4) is 0 Å². The Morgan fingerprint density at radius 2 is 2.26 bits per heavy atom. The van der Waals surface area contributed by atoms with Crippen LogP contribution < -0.4 is 5.32 Å². The predicted molar refractivity (Wildman–Crippen MR) is 84.7 cm³/mol. The Bertz CT molecular complexity index is 458. The second-order valence-electron chi connectivity index (χ2n) is 4.98. The van der Waals surface area contributed by atoms with Gasteiger partial charge >= 0.3 is 0 Å². The van der Waals surface area contributed by atoms with E-state index in [1.54, 1.807) is 0 Å².